The van der Waals surface area contributed by atoms with Gasteiger partial charge >= 0.3 is 0 Å². The van der Waals surface area contributed by atoms with Crippen molar-refractivity contribution in [1.82, 2.24) is 10.2 Å². The van der Waals surface area contributed by atoms with E-state index in [4.69, 9.17) is 11.6 Å². The third-order valence-electron chi connectivity index (χ3n) is 4.53. The van der Waals surface area contributed by atoms with Gasteiger partial charge in [-0.3, -0.25) is 9.69 Å². The van der Waals surface area contributed by atoms with Crippen LogP contribution in [0.25, 0.3) is 5.57 Å². The molecule has 0 aromatic heterocycles. The summed E-state index contributed by atoms with van der Waals surface area (Å²) in [4.78, 5) is 14.5. The molecule has 1 aliphatic heterocycles. The first-order chi connectivity index (χ1) is 12.1. The van der Waals surface area contributed by atoms with Crippen LogP contribution in [0.4, 0.5) is 0 Å². The molecule has 0 saturated carbocycles. The molecule has 3 rings (SSSR count). The van der Waals surface area contributed by atoms with Crippen molar-refractivity contribution in [3.8, 4) is 0 Å². The summed E-state index contributed by atoms with van der Waals surface area (Å²) >= 11 is 6.02. The lowest BCUT2D eigenvalue weighted by Gasteiger charge is -2.26. The van der Waals surface area contributed by atoms with Crippen LogP contribution >= 0.6 is 11.6 Å². The van der Waals surface area contributed by atoms with Crippen LogP contribution < -0.4 is 5.32 Å². The molecule has 0 aliphatic carbocycles. The van der Waals surface area contributed by atoms with Crippen molar-refractivity contribution < 1.29 is 4.79 Å². The van der Waals surface area contributed by atoms with E-state index in [9.17, 15) is 4.79 Å². The largest absolute Gasteiger partial charge is 0.348 e. The van der Waals surface area contributed by atoms with E-state index in [1.165, 1.54) is 11.1 Å². The molecule has 1 amide bonds. The molecule has 4 heteroatoms. The number of nitrogens with one attached hydrogen (secondary N) is 1. The highest BCUT2D eigenvalue weighted by Gasteiger charge is 2.17. The Morgan fingerprint density at radius 1 is 1.20 bits per heavy atom. The van der Waals surface area contributed by atoms with Gasteiger partial charge in [-0.2, -0.15) is 0 Å². The summed E-state index contributed by atoms with van der Waals surface area (Å²) in [5.41, 5.74) is 3.66. The molecule has 0 bridgehead atoms. The van der Waals surface area contributed by atoms with E-state index < -0.39 is 0 Å². The molecule has 1 atom stereocenters. The molecule has 130 valence electrons. The lowest BCUT2D eigenvalue weighted by molar-refractivity contribution is -0.122. The van der Waals surface area contributed by atoms with E-state index in [0.717, 1.165) is 25.1 Å². The standard InChI is InChI=1S/C21H23ClN2O/c1-16(19-8-5-9-20(22)14-19)23-21(25)15-24-12-10-18(11-13-24)17-6-3-2-4-7-17/h2-10,14,16H,11-13,15H2,1H3,(H,23,25)/t16-/m0/s1. The average Bonchev–Trinajstić information content (AvgIpc) is 2.63. The topological polar surface area (TPSA) is 32.3 Å². The molecule has 0 radical (unpaired) electrons. The van der Waals surface area contributed by atoms with Gasteiger partial charge in [-0.1, -0.05) is 60.1 Å². The fourth-order valence-corrected chi connectivity index (χ4v) is 3.32. The molecule has 25 heavy (non-hydrogen) atoms. The predicted octanol–water partition coefficient (Wildman–Crippen LogP) is 4.31. The second kappa shape index (κ2) is 8.32. The summed E-state index contributed by atoms with van der Waals surface area (Å²) in [6.45, 7) is 4.11. The predicted molar refractivity (Wildman–Crippen MR) is 103 cm³/mol. The lowest BCUT2D eigenvalue weighted by atomic mass is 9.99. The Morgan fingerprint density at radius 3 is 2.68 bits per heavy atom. The molecule has 0 unspecified atom stereocenters. The van der Waals surface area contributed by atoms with Crippen LogP contribution in [0.2, 0.25) is 5.02 Å². The number of carbonyl (C=O) groups excluding carboxylic acids is 1. The summed E-state index contributed by atoms with van der Waals surface area (Å²) in [5.74, 6) is 0.0454. The Kier molecular flexibility index (Phi) is 5.90. The third-order valence-corrected chi connectivity index (χ3v) is 4.77. The Morgan fingerprint density at radius 2 is 2.00 bits per heavy atom. The van der Waals surface area contributed by atoms with Crippen LogP contribution in [0.5, 0.6) is 0 Å². The minimum absolute atomic E-state index is 0.0454. The van der Waals surface area contributed by atoms with E-state index >= 15 is 0 Å². The molecule has 1 heterocycles. The van der Waals surface area contributed by atoms with Crippen molar-refractivity contribution in [2.75, 3.05) is 19.6 Å². The summed E-state index contributed by atoms with van der Waals surface area (Å²) in [5, 5.41) is 3.74. The van der Waals surface area contributed by atoms with Gasteiger partial charge in [0.05, 0.1) is 12.6 Å². The first-order valence-corrected chi connectivity index (χ1v) is 9.01. The zero-order chi connectivity index (χ0) is 17.6. The average molecular weight is 355 g/mol. The van der Waals surface area contributed by atoms with Gasteiger partial charge in [0.1, 0.15) is 0 Å². The Hall–Kier alpha value is -2.10. The Balaban J connectivity index is 1.52. The van der Waals surface area contributed by atoms with Gasteiger partial charge in [0.15, 0.2) is 0 Å². The number of nitrogens with zero attached hydrogens (tertiary/aromatic N) is 1. The van der Waals surface area contributed by atoms with Gasteiger partial charge in [-0.25, -0.2) is 0 Å². The maximum atomic E-state index is 12.3. The van der Waals surface area contributed by atoms with Crippen molar-refractivity contribution in [3.05, 3.63) is 76.8 Å². The lowest BCUT2D eigenvalue weighted by Crippen LogP contribution is -2.40. The van der Waals surface area contributed by atoms with Crippen LogP contribution in [0, 0.1) is 0 Å². The highest BCUT2D eigenvalue weighted by atomic mass is 35.5. The van der Waals surface area contributed by atoms with Crippen molar-refractivity contribution in [1.29, 1.82) is 0 Å². The first kappa shape index (κ1) is 17.7. The monoisotopic (exact) mass is 354 g/mol. The minimum Gasteiger partial charge on any atom is -0.348 e. The Labute approximate surface area is 154 Å². The van der Waals surface area contributed by atoms with E-state index in [-0.39, 0.29) is 11.9 Å². The molecule has 3 nitrogen and oxygen atoms in total. The summed E-state index contributed by atoms with van der Waals surface area (Å²) in [6, 6.07) is 18.0. The number of rotatable bonds is 5. The second-order valence-electron chi connectivity index (χ2n) is 6.42. The van der Waals surface area contributed by atoms with Crippen molar-refractivity contribution in [2.45, 2.75) is 19.4 Å². The van der Waals surface area contributed by atoms with Gasteiger partial charge in [-0.05, 0) is 42.2 Å². The quantitative estimate of drug-likeness (QED) is 0.867. The highest BCUT2D eigenvalue weighted by molar-refractivity contribution is 6.30. The first-order valence-electron chi connectivity index (χ1n) is 8.63. The van der Waals surface area contributed by atoms with Gasteiger partial charge < -0.3 is 5.32 Å². The van der Waals surface area contributed by atoms with E-state index in [1.807, 2.05) is 37.3 Å². The van der Waals surface area contributed by atoms with Crippen LogP contribution in [-0.4, -0.2) is 30.4 Å². The molecule has 1 aliphatic rings. The number of hydrogen-bond acceptors (Lipinski definition) is 2. The maximum Gasteiger partial charge on any atom is 0.234 e. The van der Waals surface area contributed by atoms with Crippen molar-refractivity contribution in [2.24, 2.45) is 0 Å². The molecule has 0 spiro atoms. The highest BCUT2D eigenvalue weighted by Crippen LogP contribution is 2.22. The van der Waals surface area contributed by atoms with Gasteiger partial charge in [0.25, 0.3) is 0 Å². The normalized spacial score (nSPS) is 16.2. The molecule has 0 saturated heterocycles. The molecule has 0 fully saturated rings. The van der Waals surface area contributed by atoms with Crippen LogP contribution in [0.3, 0.4) is 0 Å². The third kappa shape index (κ3) is 4.94. The van der Waals surface area contributed by atoms with E-state index in [1.54, 1.807) is 0 Å². The maximum absolute atomic E-state index is 12.3. The fraction of sp³-hybridized carbons (Fsp3) is 0.286. The fourth-order valence-electron chi connectivity index (χ4n) is 3.12. The van der Waals surface area contributed by atoms with Gasteiger partial charge in [0.2, 0.25) is 5.91 Å². The van der Waals surface area contributed by atoms with Crippen molar-refractivity contribution >= 4 is 23.1 Å². The second-order valence-corrected chi connectivity index (χ2v) is 6.86. The number of hydrogen-bond donors (Lipinski definition) is 1. The van der Waals surface area contributed by atoms with E-state index in [2.05, 4.69) is 40.6 Å². The van der Waals surface area contributed by atoms with Crippen LogP contribution in [0.15, 0.2) is 60.7 Å². The van der Waals surface area contributed by atoms with Crippen LogP contribution in [0.1, 0.15) is 30.5 Å². The van der Waals surface area contributed by atoms with Crippen molar-refractivity contribution in [3.63, 3.8) is 0 Å². The summed E-state index contributed by atoms with van der Waals surface area (Å²) in [6.07, 6.45) is 3.20. The molecule has 1 N–H and O–H groups in total. The number of carbonyl (C=O) groups is 1. The smallest absolute Gasteiger partial charge is 0.234 e. The van der Waals surface area contributed by atoms with Gasteiger partial charge in [-0.15, -0.1) is 0 Å². The summed E-state index contributed by atoms with van der Waals surface area (Å²) in [7, 11) is 0. The molecule has 2 aromatic carbocycles. The number of amides is 1. The zero-order valence-corrected chi connectivity index (χ0v) is 15.2. The number of benzene rings is 2. The molecular formula is C21H23ClN2O. The SMILES string of the molecule is C[C@H](NC(=O)CN1CC=C(c2ccccc2)CC1)c1cccc(Cl)c1. The number of halogens is 1. The van der Waals surface area contributed by atoms with Crippen LogP contribution in [-0.2, 0) is 4.79 Å². The van der Waals surface area contributed by atoms with E-state index in [0.29, 0.717) is 11.6 Å². The zero-order valence-electron chi connectivity index (χ0n) is 14.4. The molecular weight excluding hydrogens is 332 g/mol. The summed E-state index contributed by atoms with van der Waals surface area (Å²) < 4.78 is 0. The minimum atomic E-state index is -0.0496. The molecule has 2 aromatic rings. The Bertz CT molecular complexity index is 758. The van der Waals surface area contributed by atoms with Gasteiger partial charge in [0, 0.05) is 18.1 Å².